The molecule has 46 heavy (non-hydrogen) atoms. The van der Waals surface area contributed by atoms with Gasteiger partial charge in [0.15, 0.2) is 0 Å². The molecule has 3 aromatic carbocycles. The number of H-pyrrole nitrogens is 1. The molecule has 4 aromatic rings. The number of nitrogens with one attached hydrogen (secondary N) is 4. The van der Waals surface area contributed by atoms with Gasteiger partial charge < -0.3 is 5.32 Å². The molecule has 5 amide bonds. The fraction of sp³-hybridized carbons (Fsp3) is 0.324. The number of urea groups is 1. The van der Waals surface area contributed by atoms with E-state index in [0.717, 1.165) is 18.4 Å². The molecule has 2 aliphatic carbocycles. The van der Waals surface area contributed by atoms with Crippen molar-refractivity contribution in [1.29, 1.82) is 0 Å². The number of anilines is 3. The Balaban J connectivity index is 1.16. The maximum absolute atomic E-state index is 14.1. The third-order valence-corrected chi connectivity index (χ3v) is 9.10. The highest BCUT2D eigenvalue weighted by Crippen LogP contribution is 2.38. The number of tetrazole rings is 1. The first-order valence-electron chi connectivity index (χ1n) is 15.8. The third kappa shape index (κ3) is 6.23. The predicted molar refractivity (Wildman–Crippen MR) is 171 cm³/mol. The molecular weight excluding hydrogens is 584 g/mol. The fourth-order valence-electron chi connectivity index (χ4n) is 6.43. The van der Waals surface area contributed by atoms with Gasteiger partial charge in [0, 0.05) is 16.9 Å². The van der Waals surface area contributed by atoms with Gasteiger partial charge in [0.05, 0.1) is 17.7 Å². The number of fused-ring (bicyclic) bond motifs is 1. The van der Waals surface area contributed by atoms with Gasteiger partial charge in [0.25, 0.3) is 23.7 Å². The maximum Gasteiger partial charge on any atom is 0.326 e. The van der Waals surface area contributed by atoms with E-state index in [0.29, 0.717) is 51.9 Å². The standard InChI is InChI=1S/C34H34N8O4/c43-30(37-33-38-40-41-39-33)24-10-8-21(9-11-24)19-42(25-14-12-23(13-15-25)22-4-2-1-3-5-22)34(46)35-28-17-16-26-29(32(45)36-31(26)44)27(28)18-20-6-7-20/h8-17,20,22H,1-7,18-19H2,(H,35,46)(H,36,44,45)(H2,37,38,39,40,41,43). The number of carbonyl (C=O) groups is 4. The van der Waals surface area contributed by atoms with Crippen LogP contribution in [0.1, 0.15) is 98.6 Å². The molecule has 2 heterocycles. The number of amides is 5. The van der Waals surface area contributed by atoms with E-state index in [4.69, 9.17) is 0 Å². The largest absolute Gasteiger partial charge is 0.326 e. The Morgan fingerprint density at radius 2 is 1.61 bits per heavy atom. The quantitative estimate of drug-likeness (QED) is 0.178. The Bertz CT molecular complexity index is 1780. The van der Waals surface area contributed by atoms with Gasteiger partial charge in [-0.3, -0.25) is 29.9 Å². The van der Waals surface area contributed by atoms with E-state index in [9.17, 15) is 19.2 Å². The molecule has 12 heteroatoms. The number of aromatic amines is 1. The number of rotatable bonds is 9. The van der Waals surface area contributed by atoms with E-state index in [1.54, 1.807) is 41.3 Å². The minimum Gasteiger partial charge on any atom is -0.307 e. The van der Waals surface area contributed by atoms with Crippen LogP contribution >= 0.6 is 0 Å². The van der Waals surface area contributed by atoms with E-state index in [2.05, 4.69) is 48.7 Å². The van der Waals surface area contributed by atoms with Gasteiger partial charge in [-0.1, -0.05) is 48.6 Å². The Morgan fingerprint density at radius 3 is 2.30 bits per heavy atom. The summed E-state index contributed by atoms with van der Waals surface area (Å²) < 4.78 is 0. The van der Waals surface area contributed by atoms with Crippen molar-refractivity contribution in [2.45, 2.75) is 63.8 Å². The van der Waals surface area contributed by atoms with E-state index >= 15 is 0 Å². The average molecular weight is 619 g/mol. The number of hydrogen-bond donors (Lipinski definition) is 4. The van der Waals surface area contributed by atoms with Crippen LogP contribution in [-0.2, 0) is 13.0 Å². The lowest BCUT2D eigenvalue weighted by atomic mass is 9.84. The minimum absolute atomic E-state index is 0.0723. The molecular formula is C34H34N8O4. The van der Waals surface area contributed by atoms with Crippen molar-refractivity contribution in [3.05, 3.63) is 94.0 Å². The number of carbonyl (C=O) groups excluding carboxylic acids is 4. The fourth-order valence-corrected chi connectivity index (χ4v) is 6.43. The van der Waals surface area contributed by atoms with Crippen molar-refractivity contribution in [2.24, 2.45) is 5.92 Å². The summed E-state index contributed by atoms with van der Waals surface area (Å²) in [7, 11) is 0. The van der Waals surface area contributed by atoms with Gasteiger partial charge in [0.1, 0.15) is 0 Å². The highest BCUT2D eigenvalue weighted by Gasteiger charge is 2.34. The third-order valence-electron chi connectivity index (χ3n) is 9.10. The molecule has 1 aliphatic heterocycles. The summed E-state index contributed by atoms with van der Waals surface area (Å²) in [5.41, 5.74) is 5.12. The van der Waals surface area contributed by atoms with Gasteiger partial charge >= 0.3 is 6.03 Å². The maximum atomic E-state index is 14.1. The molecule has 0 bridgehead atoms. The Morgan fingerprint density at radius 1 is 0.848 bits per heavy atom. The van der Waals surface area contributed by atoms with Crippen LogP contribution in [0.4, 0.5) is 22.1 Å². The van der Waals surface area contributed by atoms with Gasteiger partial charge in [-0.15, -0.1) is 5.10 Å². The van der Waals surface area contributed by atoms with Crippen LogP contribution < -0.4 is 20.9 Å². The first kappa shape index (κ1) is 29.3. The highest BCUT2D eigenvalue weighted by atomic mass is 16.2. The van der Waals surface area contributed by atoms with Crippen LogP contribution in [0.15, 0.2) is 60.7 Å². The molecule has 3 aliphatic rings. The Hall–Kier alpha value is -5.39. The molecule has 1 aromatic heterocycles. The van der Waals surface area contributed by atoms with Crippen molar-refractivity contribution in [2.75, 3.05) is 15.5 Å². The zero-order chi connectivity index (χ0) is 31.6. The molecule has 0 saturated heterocycles. The number of benzene rings is 3. The number of aromatic nitrogens is 4. The molecule has 234 valence electrons. The predicted octanol–water partition coefficient (Wildman–Crippen LogP) is 5.57. The van der Waals surface area contributed by atoms with Crippen LogP contribution in [-0.4, -0.2) is 44.4 Å². The molecule has 0 atom stereocenters. The summed E-state index contributed by atoms with van der Waals surface area (Å²) in [6.07, 6.45) is 8.81. The second-order valence-electron chi connectivity index (χ2n) is 12.3. The van der Waals surface area contributed by atoms with Crippen LogP contribution in [0.5, 0.6) is 0 Å². The molecule has 12 nitrogen and oxygen atoms in total. The summed E-state index contributed by atoms with van der Waals surface area (Å²) in [6.45, 7) is 0.225. The van der Waals surface area contributed by atoms with E-state index in [-0.39, 0.29) is 24.4 Å². The average Bonchev–Trinajstić information content (AvgIpc) is 3.66. The molecule has 0 unspecified atom stereocenters. The molecule has 0 radical (unpaired) electrons. The highest BCUT2D eigenvalue weighted by molar-refractivity contribution is 6.23. The zero-order valence-corrected chi connectivity index (χ0v) is 25.2. The second-order valence-corrected chi connectivity index (χ2v) is 12.3. The summed E-state index contributed by atoms with van der Waals surface area (Å²) in [5, 5.41) is 21.3. The first-order chi connectivity index (χ1) is 22.4. The zero-order valence-electron chi connectivity index (χ0n) is 25.2. The molecule has 4 N–H and O–H groups in total. The molecule has 7 rings (SSSR count). The topological polar surface area (TPSA) is 162 Å². The first-order valence-corrected chi connectivity index (χ1v) is 15.8. The van der Waals surface area contributed by atoms with Gasteiger partial charge in [-0.2, -0.15) is 5.21 Å². The molecule has 0 spiro atoms. The van der Waals surface area contributed by atoms with Crippen molar-refractivity contribution >= 4 is 41.1 Å². The van der Waals surface area contributed by atoms with Crippen LogP contribution in [0.3, 0.4) is 0 Å². The van der Waals surface area contributed by atoms with Crippen LogP contribution in [0.25, 0.3) is 0 Å². The summed E-state index contributed by atoms with van der Waals surface area (Å²) in [5.74, 6) is -0.202. The lowest BCUT2D eigenvalue weighted by Gasteiger charge is -2.26. The van der Waals surface area contributed by atoms with Crippen LogP contribution in [0, 0.1) is 5.92 Å². The lowest BCUT2D eigenvalue weighted by molar-refractivity contribution is 0.0878. The van der Waals surface area contributed by atoms with Gasteiger partial charge in [0.2, 0.25) is 0 Å². The van der Waals surface area contributed by atoms with Crippen LogP contribution in [0.2, 0.25) is 0 Å². The Kier molecular flexibility index (Phi) is 8.00. The van der Waals surface area contributed by atoms with Crippen molar-refractivity contribution < 1.29 is 19.2 Å². The SMILES string of the molecule is O=C(Nc1nn[nH]n1)c1ccc(CN(C(=O)Nc2ccc3c(c2CC2CC2)C(=O)NC3=O)c2ccc(C3CCCCC3)cc2)cc1. The molecule has 2 saturated carbocycles. The number of nitrogens with zero attached hydrogens (tertiary/aromatic N) is 4. The van der Waals surface area contributed by atoms with Gasteiger partial charge in [-0.25, -0.2) is 4.79 Å². The van der Waals surface area contributed by atoms with Gasteiger partial charge in [-0.05, 0) is 102 Å². The van der Waals surface area contributed by atoms with E-state index in [1.165, 1.54) is 37.7 Å². The monoisotopic (exact) mass is 618 g/mol. The lowest BCUT2D eigenvalue weighted by Crippen LogP contribution is -2.35. The number of hydrogen-bond acceptors (Lipinski definition) is 7. The van der Waals surface area contributed by atoms with E-state index in [1.807, 2.05) is 12.1 Å². The second kappa shape index (κ2) is 12.5. The number of imide groups is 1. The smallest absolute Gasteiger partial charge is 0.307 e. The minimum atomic E-state index is -0.426. The van der Waals surface area contributed by atoms with Crippen molar-refractivity contribution in [1.82, 2.24) is 25.9 Å². The summed E-state index contributed by atoms with van der Waals surface area (Å²) >= 11 is 0. The van der Waals surface area contributed by atoms with Crippen molar-refractivity contribution in [3.63, 3.8) is 0 Å². The normalized spacial score (nSPS) is 16.1. The summed E-state index contributed by atoms with van der Waals surface area (Å²) in [6, 6.07) is 18.1. The van der Waals surface area contributed by atoms with Crippen molar-refractivity contribution in [3.8, 4) is 0 Å². The molecule has 2 fully saturated rings. The Labute approximate surface area is 265 Å². The van der Waals surface area contributed by atoms with E-state index < -0.39 is 11.8 Å². The summed E-state index contributed by atoms with van der Waals surface area (Å²) in [4.78, 5) is 53.5.